The predicted octanol–water partition coefficient (Wildman–Crippen LogP) is 2.90. The molecular weight excluding hydrogens is 250 g/mol. The van der Waals surface area contributed by atoms with Crippen molar-refractivity contribution in [1.82, 2.24) is 0 Å². The van der Waals surface area contributed by atoms with Gasteiger partial charge in [0.05, 0.1) is 17.2 Å². The molecule has 2 aliphatic carbocycles. The van der Waals surface area contributed by atoms with Gasteiger partial charge in [-0.25, -0.2) is 0 Å². The summed E-state index contributed by atoms with van der Waals surface area (Å²) in [4.78, 5) is 24.5. The number of nitrogens with zero attached hydrogens (tertiary/aromatic N) is 1. The molecule has 2 aliphatic rings. The largest absolute Gasteiger partial charge is 0.294 e. The summed E-state index contributed by atoms with van der Waals surface area (Å²) in [5.74, 6) is 0.127. The van der Waals surface area contributed by atoms with Gasteiger partial charge in [0.25, 0.3) is 0 Å². The monoisotopic (exact) mass is 265 g/mol. The molecule has 0 amide bonds. The molecule has 3 rings (SSSR count). The standard InChI is InChI=1S/C17H15NO2/c18-10-12-3-1-11(2-4-12)9-15(16(19)13-5-6-13)17(20)14-7-8-14/h1-4,9,13-14H,5-8H2. The molecule has 3 nitrogen and oxygen atoms in total. The molecule has 20 heavy (non-hydrogen) atoms. The van der Waals surface area contributed by atoms with Crippen LogP contribution in [-0.4, -0.2) is 11.6 Å². The average Bonchev–Trinajstić information content (AvgIpc) is 3.35. The summed E-state index contributed by atoms with van der Waals surface area (Å²) in [6.07, 6.45) is 5.31. The molecule has 2 fully saturated rings. The third-order valence-corrected chi connectivity index (χ3v) is 3.78. The molecule has 1 aromatic carbocycles. The highest BCUT2D eigenvalue weighted by atomic mass is 16.2. The minimum atomic E-state index is 0.00580. The molecule has 0 N–H and O–H groups in total. The quantitative estimate of drug-likeness (QED) is 0.467. The van der Waals surface area contributed by atoms with E-state index in [4.69, 9.17) is 5.26 Å². The highest BCUT2D eigenvalue weighted by Gasteiger charge is 2.39. The summed E-state index contributed by atoms with van der Waals surface area (Å²) in [5.41, 5.74) is 1.74. The number of nitriles is 1. The first-order valence-electron chi connectivity index (χ1n) is 6.99. The van der Waals surface area contributed by atoms with Gasteiger partial charge < -0.3 is 0 Å². The van der Waals surface area contributed by atoms with E-state index in [1.54, 1.807) is 30.3 Å². The normalized spacial score (nSPS) is 17.1. The number of hydrogen-bond donors (Lipinski definition) is 0. The van der Waals surface area contributed by atoms with Crippen molar-refractivity contribution in [1.29, 1.82) is 5.26 Å². The number of Topliss-reactive ketones (excluding diaryl/α,β-unsaturated/α-hetero) is 2. The Hall–Kier alpha value is -2.21. The van der Waals surface area contributed by atoms with Gasteiger partial charge in [-0.2, -0.15) is 5.26 Å². The van der Waals surface area contributed by atoms with Crippen molar-refractivity contribution < 1.29 is 9.59 Å². The van der Waals surface area contributed by atoms with Gasteiger partial charge in [-0.15, -0.1) is 0 Å². The molecule has 0 unspecified atom stereocenters. The first-order valence-corrected chi connectivity index (χ1v) is 6.99. The molecule has 0 radical (unpaired) electrons. The van der Waals surface area contributed by atoms with Crippen LogP contribution in [0.3, 0.4) is 0 Å². The first-order chi connectivity index (χ1) is 9.69. The van der Waals surface area contributed by atoms with Gasteiger partial charge in [0.2, 0.25) is 0 Å². The average molecular weight is 265 g/mol. The third-order valence-electron chi connectivity index (χ3n) is 3.78. The Balaban J connectivity index is 1.90. The molecule has 0 saturated heterocycles. The van der Waals surface area contributed by atoms with Crippen LogP contribution >= 0.6 is 0 Å². The van der Waals surface area contributed by atoms with Crippen LogP contribution in [0.25, 0.3) is 6.08 Å². The second-order valence-corrected chi connectivity index (χ2v) is 5.57. The van der Waals surface area contributed by atoms with Gasteiger partial charge in [0.15, 0.2) is 11.6 Å². The van der Waals surface area contributed by atoms with Crippen molar-refractivity contribution in [3.8, 4) is 6.07 Å². The van der Waals surface area contributed by atoms with Crippen LogP contribution in [0.1, 0.15) is 36.8 Å². The Bertz CT molecular complexity index is 600. The Morgan fingerprint density at radius 3 is 1.90 bits per heavy atom. The number of carbonyl (C=O) groups excluding carboxylic acids is 2. The predicted molar refractivity (Wildman–Crippen MR) is 74.6 cm³/mol. The molecule has 2 saturated carbocycles. The van der Waals surface area contributed by atoms with Crippen molar-refractivity contribution in [3.05, 3.63) is 41.0 Å². The number of benzene rings is 1. The van der Waals surface area contributed by atoms with Gasteiger partial charge in [-0.3, -0.25) is 9.59 Å². The van der Waals surface area contributed by atoms with E-state index in [1.807, 2.05) is 0 Å². The highest BCUT2D eigenvalue weighted by molar-refractivity contribution is 6.25. The van der Waals surface area contributed by atoms with E-state index in [0.29, 0.717) is 11.1 Å². The lowest BCUT2D eigenvalue weighted by Gasteiger charge is -2.04. The SMILES string of the molecule is N#Cc1ccc(C=C(C(=O)C2CC2)C(=O)C2CC2)cc1. The zero-order valence-electron chi connectivity index (χ0n) is 11.1. The van der Waals surface area contributed by atoms with Crippen molar-refractivity contribution in [3.63, 3.8) is 0 Å². The maximum Gasteiger partial charge on any atom is 0.169 e. The van der Waals surface area contributed by atoms with Gasteiger partial charge in [0, 0.05) is 11.8 Å². The topological polar surface area (TPSA) is 57.9 Å². The second-order valence-electron chi connectivity index (χ2n) is 5.57. The fourth-order valence-electron chi connectivity index (χ4n) is 2.22. The number of hydrogen-bond acceptors (Lipinski definition) is 3. The van der Waals surface area contributed by atoms with Gasteiger partial charge in [0.1, 0.15) is 0 Å². The summed E-state index contributed by atoms with van der Waals surface area (Å²) >= 11 is 0. The van der Waals surface area contributed by atoms with Crippen molar-refractivity contribution in [2.75, 3.05) is 0 Å². The molecule has 0 aliphatic heterocycles. The Kier molecular flexibility index (Phi) is 3.23. The summed E-state index contributed by atoms with van der Waals surface area (Å²) < 4.78 is 0. The summed E-state index contributed by atoms with van der Waals surface area (Å²) in [5, 5.41) is 8.78. The molecule has 100 valence electrons. The van der Waals surface area contributed by atoms with E-state index in [1.165, 1.54) is 0 Å². The number of carbonyl (C=O) groups is 2. The Labute approximate surface area is 117 Å². The van der Waals surface area contributed by atoms with Crippen LogP contribution in [0.5, 0.6) is 0 Å². The Morgan fingerprint density at radius 1 is 1.00 bits per heavy atom. The van der Waals surface area contributed by atoms with Crippen LogP contribution in [0.2, 0.25) is 0 Å². The maximum atomic E-state index is 12.3. The number of ketones is 2. The molecule has 1 aromatic rings. The summed E-state index contributed by atoms with van der Waals surface area (Å²) in [7, 11) is 0. The summed E-state index contributed by atoms with van der Waals surface area (Å²) in [6.45, 7) is 0. The lowest BCUT2D eigenvalue weighted by atomic mass is 9.97. The molecule has 0 bridgehead atoms. The maximum absolute atomic E-state index is 12.3. The highest BCUT2D eigenvalue weighted by Crippen LogP contribution is 2.38. The van der Waals surface area contributed by atoms with Crippen molar-refractivity contribution in [2.45, 2.75) is 25.7 Å². The van der Waals surface area contributed by atoms with Crippen LogP contribution < -0.4 is 0 Å². The van der Waals surface area contributed by atoms with E-state index in [0.717, 1.165) is 31.2 Å². The first kappa shape index (κ1) is 12.8. The lowest BCUT2D eigenvalue weighted by Crippen LogP contribution is -2.16. The third kappa shape index (κ3) is 2.70. The second kappa shape index (κ2) is 5.05. The fourth-order valence-corrected chi connectivity index (χ4v) is 2.22. The lowest BCUT2D eigenvalue weighted by molar-refractivity contribution is -0.122. The number of allylic oxidation sites excluding steroid dienone is 1. The van der Waals surface area contributed by atoms with Crippen LogP contribution in [-0.2, 0) is 9.59 Å². The molecule has 0 spiro atoms. The zero-order chi connectivity index (χ0) is 14.1. The van der Waals surface area contributed by atoms with Crippen molar-refractivity contribution >= 4 is 17.6 Å². The van der Waals surface area contributed by atoms with Gasteiger partial charge in [-0.05, 0) is 49.5 Å². The van der Waals surface area contributed by atoms with Gasteiger partial charge >= 0.3 is 0 Å². The molecule has 3 heteroatoms. The van der Waals surface area contributed by atoms with Crippen molar-refractivity contribution in [2.24, 2.45) is 11.8 Å². The zero-order valence-corrected chi connectivity index (χ0v) is 11.1. The smallest absolute Gasteiger partial charge is 0.169 e. The van der Waals surface area contributed by atoms with E-state index in [2.05, 4.69) is 6.07 Å². The molecular formula is C17H15NO2. The molecule has 0 aromatic heterocycles. The van der Waals surface area contributed by atoms with Crippen LogP contribution in [0, 0.1) is 23.2 Å². The minimum absolute atomic E-state index is 0.00580. The number of rotatable bonds is 5. The Morgan fingerprint density at radius 2 is 1.50 bits per heavy atom. The minimum Gasteiger partial charge on any atom is -0.294 e. The fraction of sp³-hybridized carbons (Fsp3) is 0.353. The summed E-state index contributed by atoms with van der Waals surface area (Å²) in [6, 6.07) is 9.01. The van der Waals surface area contributed by atoms with Crippen LogP contribution in [0.15, 0.2) is 29.8 Å². The van der Waals surface area contributed by atoms with E-state index >= 15 is 0 Å². The van der Waals surface area contributed by atoms with E-state index < -0.39 is 0 Å². The molecule has 0 heterocycles. The van der Waals surface area contributed by atoms with Gasteiger partial charge in [-0.1, -0.05) is 12.1 Å². The van der Waals surface area contributed by atoms with Crippen LogP contribution in [0.4, 0.5) is 0 Å². The van der Waals surface area contributed by atoms with E-state index in [-0.39, 0.29) is 23.4 Å². The van der Waals surface area contributed by atoms with E-state index in [9.17, 15) is 9.59 Å². The molecule has 0 atom stereocenters.